The average molecular weight is 330 g/mol. The standard InChI is InChI=1S/C20H26O4/c1-19(12-14(21)11-18(19)23)8-9-20(2)16-6-5-15(24-3)10-13(16)4-7-17(20)22/h5-6,10,14,21H,4,7-9,11-12H2,1-3H3/t14?,19-,20?/m0/s1. The van der Waals surface area contributed by atoms with E-state index < -0.39 is 16.9 Å². The minimum absolute atomic E-state index is 0.122. The van der Waals surface area contributed by atoms with Gasteiger partial charge in [-0.2, -0.15) is 0 Å². The van der Waals surface area contributed by atoms with Crippen molar-refractivity contribution in [3.63, 3.8) is 0 Å². The number of benzene rings is 1. The van der Waals surface area contributed by atoms with E-state index in [0.29, 0.717) is 25.7 Å². The molecule has 2 aliphatic carbocycles. The molecule has 0 heterocycles. The summed E-state index contributed by atoms with van der Waals surface area (Å²) in [4.78, 5) is 25.0. The molecule has 4 heteroatoms. The number of methoxy groups -OCH3 is 1. The Hall–Kier alpha value is -1.68. The number of rotatable bonds is 4. The third kappa shape index (κ3) is 2.77. The molecule has 3 rings (SSSR count). The van der Waals surface area contributed by atoms with Crippen LogP contribution in [-0.4, -0.2) is 29.9 Å². The highest BCUT2D eigenvalue weighted by Crippen LogP contribution is 2.45. The van der Waals surface area contributed by atoms with Crippen LogP contribution < -0.4 is 4.74 Å². The van der Waals surface area contributed by atoms with Gasteiger partial charge in [-0.25, -0.2) is 0 Å². The Bertz CT molecular complexity index is 680. The quantitative estimate of drug-likeness (QED) is 0.922. The van der Waals surface area contributed by atoms with Crippen LogP contribution in [-0.2, 0) is 21.4 Å². The summed E-state index contributed by atoms with van der Waals surface area (Å²) < 4.78 is 5.30. The normalized spacial score (nSPS) is 32.8. The van der Waals surface area contributed by atoms with Crippen LogP contribution in [0.25, 0.3) is 0 Å². The van der Waals surface area contributed by atoms with Crippen LogP contribution in [0.2, 0.25) is 0 Å². The molecular formula is C20H26O4. The van der Waals surface area contributed by atoms with Crippen LogP contribution in [0.4, 0.5) is 0 Å². The van der Waals surface area contributed by atoms with Crippen molar-refractivity contribution < 1.29 is 19.4 Å². The Morgan fingerprint density at radius 3 is 2.54 bits per heavy atom. The molecule has 24 heavy (non-hydrogen) atoms. The number of Topliss-reactive ketones (excluding diaryl/α,β-unsaturated/α-hetero) is 2. The number of aliphatic hydroxyl groups is 1. The van der Waals surface area contributed by atoms with Crippen molar-refractivity contribution in [1.29, 1.82) is 0 Å². The van der Waals surface area contributed by atoms with Gasteiger partial charge in [-0.15, -0.1) is 0 Å². The van der Waals surface area contributed by atoms with E-state index in [1.54, 1.807) is 7.11 Å². The first-order valence-electron chi connectivity index (χ1n) is 8.70. The molecule has 2 aliphatic rings. The maximum atomic E-state index is 12.7. The molecule has 2 unspecified atom stereocenters. The van der Waals surface area contributed by atoms with Crippen molar-refractivity contribution in [2.75, 3.05) is 7.11 Å². The molecule has 0 aliphatic heterocycles. The number of ketones is 2. The van der Waals surface area contributed by atoms with E-state index in [2.05, 4.69) is 0 Å². The van der Waals surface area contributed by atoms with Crippen molar-refractivity contribution in [3.8, 4) is 5.75 Å². The fraction of sp³-hybridized carbons (Fsp3) is 0.600. The highest BCUT2D eigenvalue weighted by molar-refractivity contribution is 5.92. The second kappa shape index (κ2) is 5.99. The first kappa shape index (κ1) is 17.2. The molecular weight excluding hydrogens is 304 g/mol. The van der Waals surface area contributed by atoms with E-state index in [4.69, 9.17) is 4.74 Å². The van der Waals surface area contributed by atoms with Crippen molar-refractivity contribution in [3.05, 3.63) is 29.3 Å². The lowest BCUT2D eigenvalue weighted by Gasteiger charge is -2.37. The summed E-state index contributed by atoms with van der Waals surface area (Å²) in [6.45, 7) is 3.93. The van der Waals surface area contributed by atoms with Gasteiger partial charge < -0.3 is 9.84 Å². The van der Waals surface area contributed by atoms with Crippen LogP contribution in [0.15, 0.2) is 18.2 Å². The van der Waals surface area contributed by atoms with Crippen LogP contribution in [0.5, 0.6) is 5.75 Å². The molecule has 1 fully saturated rings. The first-order valence-corrected chi connectivity index (χ1v) is 8.70. The molecule has 0 bridgehead atoms. The summed E-state index contributed by atoms with van der Waals surface area (Å²) in [5.74, 6) is 1.18. The lowest BCUT2D eigenvalue weighted by molar-refractivity contribution is -0.128. The molecule has 130 valence electrons. The molecule has 3 atom stereocenters. The van der Waals surface area contributed by atoms with Gasteiger partial charge in [-0.05, 0) is 55.9 Å². The monoisotopic (exact) mass is 330 g/mol. The Morgan fingerprint density at radius 2 is 1.92 bits per heavy atom. The Balaban J connectivity index is 1.87. The molecule has 0 saturated heterocycles. The Morgan fingerprint density at radius 1 is 1.17 bits per heavy atom. The summed E-state index contributed by atoms with van der Waals surface area (Å²) in [6, 6.07) is 5.92. The molecule has 0 spiro atoms. The van der Waals surface area contributed by atoms with Gasteiger partial charge in [0, 0.05) is 18.3 Å². The molecule has 0 aromatic heterocycles. The molecule has 1 aromatic rings. The zero-order valence-electron chi connectivity index (χ0n) is 14.7. The number of aryl methyl sites for hydroxylation is 1. The van der Waals surface area contributed by atoms with E-state index >= 15 is 0 Å². The lowest BCUT2D eigenvalue weighted by atomic mass is 9.65. The van der Waals surface area contributed by atoms with Crippen LogP contribution in [0.3, 0.4) is 0 Å². The number of hydrogen-bond acceptors (Lipinski definition) is 4. The fourth-order valence-electron chi connectivity index (χ4n) is 4.32. The predicted molar refractivity (Wildman–Crippen MR) is 91.3 cm³/mol. The minimum atomic E-state index is -0.559. The summed E-state index contributed by atoms with van der Waals surface area (Å²) in [5.41, 5.74) is 1.16. The summed E-state index contributed by atoms with van der Waals surface area (Å²) >= 11 is 0. The topological polar surface area (TPSA) is 63.6 Å². The largest absolute Gasteiger partial charge is 0.497 e. The molecule has 0 amide bonds. The van der Waals surface area contributed by atoms with Gasteiger partial charge in [-0.1, -0.05) is 13.0 Å². The van der Waals surface area contributed by atoms with Crippen molar-refractivity contribution in [1.82, 2.24) is 0 Å². The molecule has 0 radical (unpaired) electrons. The van der Waals surface area contributed by atoms with Crippen molar-refractivity contribution in [2.24, 2.45) is 5.41 Å². The zero-order valence-corrected chi connectivity index (χ0v) is 14.7. The fourth-order valence-corrected chi connectivity index (χ4v) is 4.32. The van der Waals surface area contributed by atoms with E-state index in [1.807, 2.05) is 32.0 Å². The zero-order chi connectivity index (χ0) is 17.5. The number of fused-ring (bicyclic) bond motifs is 1. The maximum Gasteiger partial charge on any atom is 0.143 e. The van der Waals surface area contributed by atoms with E-state index in [-0.39, 0.29) is 18.0 Å². The Kier molecular flexibility index (Phi) is 4.28. The Labute approximate surface area is 143 Å². The summed E-state index contributed by atoms with van der Waals surface area (Å²) in [5, 5.41) is 9.80. The van der Waals surface area contributed by atoms with Gasteiger partial charge in [0.2, 0.25) is 0 Å². The SMILES string of the molecule is COc1ccc2c(c1)CCC(=O)C2(C)CC[C@@]1(C)CC(O)CC1=O. The highest BCUT2D eigenvalue weighted by Gasteiger charge is 2.46. The maximum absolute atomic E-state index is 12.7. The van der Waals surface area contributed by atoms with Gasteiger partial charge in [0.1, 0.15) is 17.3 Å². The molecule has 4 nitrogen and oxygen atoms in total. The van der Waals surface area contributed by atoms with Gasteiger partial charge in [0.05, 0.1) is 18.6 Å². The number of ether oxygens (including phenoxy) is 1. The summed E-state index contributed by atoms with van der Waals surface area (Å²) in [7, 11) is 1.65. The smallest absolute Gasteiger partial charge is 0.143 e. The third-order valence-electron chi connectivity index (χ3n) is 6.10. The highest BCUT2D eigenvalue weighted by atomic mass is 16.5. The van der Waals surface area contributed by atoms with Crippen LogP contribution >= 0.6 is 0 Å². The number of hydrogen-bond donors (Lipinski definition) is 1. The van der Waals surface area contributed by atoms with Gasteiger partial charge in [-0.3, -0.25) is 9.59 Å². The molecule has 1 saturated carbocycles. The average Bonchev–Trinajstić information content (AvgIpc) is 2.82. The predicted octanol–water partition coefficient (Wildman–Crippen LogP) is 2.98. The van der Waals surface area contributed by atoms with Crippen LogP contribution in [0, 0.1) is 5.41 Å². The van der Waals surface area contributed by atoms with Gasteiger partial charge >= 0.3 is 0 Å². The number of aliphatic hydroxyl groups excluding tert-OH is 1. The van der Waals surface area contributed by atoms with Crippen molar-refractivity contribution >= 4 is 11.6 Å². The van der Waals surface area contributed by atoms with Gasteiger partial charge in [0.25, 0.3) is 0 Å². The third-order valence-corrected chi connectivity index (χ3v) is 6.10. The second-order valence-corrected chi connectivity index (χ2v) is 7.82. The van der Waals surface area contributed by atoms with E-state index in [1.165, 1.54) is 5.56 Å². The van der Waals surface area contributed by atoms with E-state index in [9.17, 15) is 14.7 Å². The van der Waals surface area contributed by atoms with Gasteiger partial charge in [0.15, 0.2) is 0 Å². The number of carbonyl (C=O) groups is 2. The molecule has 1 aromatic carbocycles. The summed E-state index contributed by atoms with van der Waals surface area (Å²) in [6.07, 6.45) is 2.77. The van der Waals surface area contributed by atoms with Crippen LogP contribution in [0.1, 0.15) is 57.1 Å². The lowest BCUT2D eigenvalue weighted by Crippen LogP contribution is -2.39. The number of carbonyl (C=O) groups excluding carboxylic acids is 2. The first-order chi connectivity index (χ1) is 11.3. The minimum Gasteiger partial charge on any atom is -0.497 e. The second-order valence-electron chi connectivity index (χ2n) is 7.82. The molecule has 1 N–H and O–H groups in total. The van der Waals surface area contributed by atoms with E-state index in [0.717, 1.165) is 17.7 Å². The van der Waals surface area contributed by atoms with Crippen molar-refractivity contribution in [2.45, 2.75) is 63.9 Å².